The normalized spacial score (nSPS) is 16.7. The van der Waals surface area contributed by atoms with E-state index in [2.05, 4.69) is 21.9 Å². The summed E-state index contributed by atoms with van der Waals surface area (Å²) in [4.78, 5) is 16.9. The van der Waals surface area contributed by atoms with Crippen LogP contribution in [0.15, 0.2) is 54.6 Å². The van der Waals surface area contributed by atoms with Crippen molar-refractivity contribution in [2.75, 3.05) is 38.2 Å². The number of nitrogens with zero attached hydrogens (tertiary/aromatic N) is 2. The first kappa shape index (κ1) is 16.8. The Kier molecular flexibility index (Phi) is 5.38. The Bertz CT molecular complexity index is 685. The molecule has 0 saturated carbocycles. The minimum Gasteiger partial charge on any atom is -0.468 e. The van der Waals surface area contributed by atoms with Crippen LogP contribution in [-0.2, 0) is 9.53 Å². The number of methoxy groups -OCH3 is 1. The predicted octanol–water partition coefficient (Wildman–Crippen LogP) is 3.38. The zero-order chi connectivity index (χ0) is 16.9. The van der Waals surface area contributed by atoms with Gasteiger partial charge in [-0.2, -0.15) is 0 Å². The number of para-hydroxylation sites is 1. The first-order chi connectivity index (χ1) is 11.7. The van der Waals surface area contributed by atoms with Crippen LogP contribution in [0.2, 0.25) is 5.02 Å². The van der Waals surface area contributed by atoms with Gasteiger partial charge in [-0.3, -0.25) is 4.90 Å². The maximum Gasteiger partial charge on any atom is 0.327 e. The molecule has 0 aliphatic carbocycles. The fourth-order valence-electron chi connectivity index (χ4n) is 3.16. The monoisotopic (exact) mass is 344 g/mol. The molecule has 2 aromatic carbocycles. The van der Waals surface area contributed by atoms with Crippen LogP contribution in [0.5, 0.6) is 0 Å². The lowest BCUT2D eigenvalue weighted by atomic mass is 10.0. The van der Waals surface area contributed by atoms with E-state index in [1.54, 1.807) is 0 Å². The summed E-state index contributed by atoms with van der Waals surface area (Å²) in [6, 6.07) is 17.4. The first-order valence-corrected chi connectivity index (χ1v) is 8.45. The van der Waals surface area contributed by atoms with Gasteiger partial charge in [-0.25, -0.2) is 4.79 Å². The molecule has 0 aromatic heterocycles. The van der Waals surface area contributed by atoms with Crippen LogP contribution in [0.25, 0.3) is 0 Å². The minimum absolute atomic E-state index is 0.267. The molecule has 5 heteroatoms. The lowest BCUT2D eigenvalue weighted by Gasteiger charge is -2.39. The van der Waals surface area contributed by atoms with Crippen LogP contribution < -0.4 is 4.90 Å². The Hall–Kier alpha value is -2.04. The molecule has 3 rings (SSSR count). The number of ether oxygens (including phenoxy) is 1. The maximum absolute atomic E-state index is 12.4. The van der Waals surface area contributed by atoms with Crippen LogP contribution in [0, 0.1) is 0 Å². The van der Waals surface area contributed by atoms with Gasteiger partial charge in [0.05, 0.1) is 7.11 Å². The molecule has 0 unspecified atom stereocenters. The van der Waals surface area contributed by atoms with Crippen LogP contribution in [0.1, 0.15) is 11.6 Å². The van der Waals surface area contributed by atoms with Crippen LogP contribution >= 0.6 is 11.6 Å². The number of carbonyl (C=O) groups is 1. The van der Waals surface area contributed by atoms with Crippen molar-refractivity contribution in [2.45, 2.75) is 6.04 Å². The number of hydrogen-bond acceptors (Lipinski definition) is 4. The number of rotatable bonds is 4. The third kappa shape index (κ3) is 3.55. The Balaban J connectivity index is 1.76. The van der Waals surface area contributed by atoms with E-state index in [-0.39, 0.29) is 5.97 Å². The second kappa shape index (κ2) is 7.69. The van der Waals surface area contributed by atoms with Gasteiger partial charge in [0.1, 0.15) is 6.04 Å². The average Bonchev–Trinajstić information content (AvgIpc) is 2.64. The van der Waals surface area contributed by atoms with E-state index >= 15 is 0 Å². The summed E-state index contributed by atoms with van der Waals surface area (Å²) in [5, 5.41) is 0.596. The van der Waals surface area contributed by atoms with E-state index in [9.17, 15) is 4.79 Å². The number of carbonyl (C=O) groups excluding carboxylic acids is 1. The van der Waals surface area contributed by atoms with Crippen molar-refractivity contribution in [1.29, 1.82) is 0 Å². The molecule has 0 spiro atoms. The zero-order valence-electron chi connectivity index (χ0n) is 13.7. The molecule has 2 aromatic rings. The minimum atomic E-state index is -0.457. The second-order valence-corrected chi connectivity index (χ2v) is 6.21. The van der Waals surface area contributed by atoms with Gasteiger partial charge in [-0.1, -0.05) is 48.0 Å². The number of benzene rings is 2. The third-order valence-corrected chi connectivity index (χ3v) is 4.77. The van der Waals surface area contributed by atoms with Gasteiger partial charge in [-0.15, -0.1) is 0 Å². The predicted molar refractivity (Wildman–Crippen MR) is 96.4 cm³/mol. The highest BCUT2D eigenvalue weighted by Gasteiger charge is 2.32. The van der Waals surface area contributed by atoms with Gasteiger partial charge in [0.25, 0.3) is 0 Å². The van der Waals surface area contributed by atoms with Gasteiger partial charge in [-0.05, 0) is 23.8 Å². The van der Waals surface area contributed by atoms with Crippen LogP contribution in [-0.4, -0.2) is 44.2 Å². The fourth-order valence-corrected chi connectivity index (χ4v) is 3.40. The molecule has 24 heavy (non-hydrogen) atoms. The number of hydrogen-bond donors (Lipinski definition) is 0. The lowest BCUT2D eigenvalue weighted by molar-refractivity contribution is -0.147. The number of esters is 1. The topological polar surface area (TPSA) is 32.8 Å². The standard InChI is InChI=1S/C19H21ClN2O2/c1-24-19(23)18(16-9-5-6-10-17(16)20)22-13-11-21(12-14-22)15-7-3-2-4-8-15/h2-10,18H,11-14H2,1H3/t18-/m1/s1. The van der Waals surface area contributed by atoms with Crippen molar-refractivity contribution in [3.63, 3.8) is 0 Å². The van der Waals surface area contributed by atoms with Gasteiger partial charge >= 0.3 is 5.97 Å². The maximum atomic E-state index is 12.4. The van der Waals surface area contributed by atoms with Gasteiger partial charge in [0.2, 0.25) is 0 Å². The van der Waals surface area contributed by atoms with E-state index in [0.29, 0.717) is 5.02 Å². The van der Waals surface area contributed by atoms with Crippen LogP contribution in [0.4, 0.5) is 5.69 Å². The van der Waals surface area contributed by atoms with Gasteiger partial charge in [0, 0.05) is 36.9 Å². The van der Waals surface area contributed by atoms with E-state index in [1.165, 1.54) is 12.8 Å². The molecular formula is C19H21ClN2O2. The molecule has 0 amide bonds. The van der Waals surface area contributed by atoms with Crippen molar-refractivity contribution >= 4 is 23.3 Å². The molecule has 1 fully saturated rings. The summed E-state index contributed by atoms with van der Waals surface area (Å²) in [7, 11) is 1.42. The van der Waals surface area contributed by atoms with E-state index in [1.807, 2.05) is 42.5 Å². The van der Waals surface area contributed by atoms with Gasteiger partial charge in [0.15, 0.2) is 0 Å². The molecule has 1 saturated heterocycles. The molecule has 0 radical (unpaired) electrons. The Labute approximate surface area is 147 Å². The molecule has 1 heterocycles. The second-order valence-electron chi connectivity index (χ2n) is 5.81. The Morgan fingerprint density at radius 3 is 2.25 bits per heavy atom. The Morgan fingerprint density at radius 2 is 1.62 bits per heavy atom. The van der Waals surface area contributed by atoms with Crippen molar-refractivity contribution in [2.24, 2.45) is 0 Å². The number of halogens is 1. The van der Waals surface area contributed by atoms with Crippen molar-refractivity contribution in [3.8, 4) is 0 Å². The molecule has 1 atom stereocenters. The molecule has 0 N–H and O–H groups in total. The molecule has 0 bridgehead atoms. The third-order valence-electron chi connectivity index (χ3n) is 4.43. The molecule has 1 aliphatic heterocycles. The quantitative estimate of drug-likeness (QED) is 0.796. The lowest BCUT2D eigenvalue weighted by Crippen LogP contribution is -2.49. The first-order valence-electron chi connectivity index (χ1n) is 8.07. The molecule has 4 nitrogen and oxygen atoms in total. The highest BCUT2D eigenvalue weighted by molar-refractivity contribution is 6.31. The SMILES string of the molecule is COC(=O)[C@@H](c1ccccc1Cl)N1CCN(c2ccccc2)CC1. The smallest absolute Gasteiger partial charge is 0.327 e. The van der Waals surface area contributed by atoms with Crippen molar-refractivity contribution < 1.29 is 9.53 Å². The molecule has 1 aliphatic rings. The zero-order valence-corrected chi connectivity index (χ0v) is 14.4. The van der Waals surface area contributed by atoms with E-state index in [0.717, 1.165) is 31.7 Å². The summed E-state index contributed by atoms with van der Waals surface area (Å²) in [6.45, 7) is 3.28. The average molecular weight is 345 g/mol. The van der Waals surface area contributed by atoms with E-state index in [4.69, 9.17) is 16.3 Å². The number of anilines is 1. The molecular weight excluding hydrogens is 324 g/mol. The Morgan fingerprint density at radius 1 is 1.00 bits per heavy atom. The largest absolute Gasteiger partial charge is 0.468 e. The highest BCUT2D eigenvalue weighted by Crippen LogP contribution is 2.30. The molecule has 126 valence electrons. The fraction of sp³-hybridized carbons (Fsp3) is 0.316. The summed E-state index contributed by atoms with van der Waals surface area (Å²) in [5.74, 6) is -0.267. The summed E-state index contributed by atoms with van der Waals surface area (Å²) in [6.07, 6.45) is 0. The van der Waals surface area contributed by atoms with Gasteiger partial charge < -0.3 is 9.64 Å². The van der Waals surface area contributed by atoms with Crippen LogP contribution in [0.3, 0.4) is 0 Å². The summed E-state index contributed by atoms with van der Waals surface area (Å²) in [5.41, 5.74) is 2.02. The summed E-state index contributed by atoms with van der Waals surface area (Å²) < 4.78 is 5.03. The van der Waals surface area contributed by atoms with E-state index < -0.39 is 6.04 Å². The highest BCUT2D eigenvalue weighted by atomic mass is 35.5. The van der Waals surface area contributed by atoms with Crippen molar-refractivity contribution in [3.05, 3.63) is 65.2 Å². The summed E-state index contributed by atoms with van der Waals surface area (Å²) >= 11 is 6.32. The van der Waals surface area contributed by atoms with Crippen molar-refractivity contribution in [1.82, 2.24) is 4.90 Å². The number of piperazine rings is 1.